The standard InChI is InChI=1S/C59H68N14O9S/c1-38-51(83-37-65-38)41-17-15-39(16-18-41)32-62-55(75)48-30-45(74)35-72(48)57(77)52(59(2,3)4)66-58(78)81-29-28-80-27-26-79-25-24-71-33-43(67-69-71)11-8-10-42(31-60)56(76)70-23-9-12-44(34-70)73-54-49(53(61)63-36-64-54)50(68-73)40-19-21-47(22-20-40)82-46-13-6-5-7-14-46/h5-7,10,13-22,33,36-37,44-45,48,52,74H,8-9,11-12,23-30,32,34-35H2,1-4H3,(H,62,75)(H,66,78)(H2,61,63,64). The first-order chi connectivity index (χ1) is 40.1. The largest absolute Gasteiger partial charge is 0.457 e. The Labute approximate surface area is 484 Å². The number of likely N-dealkylation sites (tertiary alicyclic amines) is 2. The number of para-hydroxylation sites is 1. The first-order valence-corrected chi connectivity index (χ1v) is 28.5. The molecule has 4 atom stereocenters. The van der Waals surface area contributed by atoms with E-state index < -0.39 is 41.5 Å². The van der Waals surface area contributed by atoms with E-state index in [4.69, 9.17) is 29.8 Å². The second-order valence-corrected chi connectivity index (χ2v) is 22.2. The van der Waals surface area contributed by atoms with Gasteiger partial charge >= 0.3 is 6.09 Å². The Hall–Kier alpha value is -8.63. The minimum absolute atomic E-state index is 0.0505. The fourth-order valence-corrected chi connectivity index (χ4v) is 10.8. The topological polar surface area (TPSA) is 293 Å². The van der Waals surface area contributed by atoms with Crippen molar-refractivity contribution < 1.29 is 43.2 Å². The third kappa shape index (κ3) is 15.1. The Kier molecular flexibility index (Phi) is 19.5. The molecule has 4 unspecified atom stereocenters. The molecule has 0 bridgehead atoms. The van der Waals surface area contributed by atoms with Gasteiger partial charge in [-0.3, -0.25) is 14.4 Å². The number of aryl methyl sites for hydroxylation is 2. The van der Waals surface area contributed by atoms with E-state index in [0.29, 0.717) is 79.5 Å². The predicted molar refractivity (Wildman–Crippen MR) is 308 cm³/mol. The summed E-state index contributed by atoms with van der Waals surface area (Å²) >= 11 is 1.56. The molecule has 0 radical (unpaired) electrons. The number of aromatic nitrogens is 8. The van der Waals surface area contributed by atoms with Crippen LogP contribution in [0.2, 0.25) is 0 Å². The maximum absolute atomic E-state index is 14.0. The predicted octanol–water partition coefficient (Wildman–Crippen LogP) is 6.59. The van der Waals surface area contributed by atoms with Crippen molar-refractivity contribution in [3.63, 3.8) is 0 Å². The first-order valence-electron chi connectivity index (χ1n) is 27.6. The van der Waals surface area contributed by atoms with E-state index in [0.717, 1.165) is 39.4 Å². The van der Waals surface area contributed by atoms with Crippen molar-refractivity contribution >= 4 is 52.0 Å². The number of hydrogen-bond donors (Lipinski definition) is 4. The highest BCUT2D eigenvalue weighted by atomic mass is 32.1. The molecule has 434 valence electrons. The van der Waals surface area contributed by atoms with Gasteiger partial charge in [-0.05, 0) is 85.5 Å². The number of nitrogens with one attached hydrogen (secondary N) is 2. The fraction of sp³-hybridized carbons (Fsp3) is 0.407. The van der Waals surface area contributed by atoms with E-state index in [1.54, 1.807) is 59.5 Å². The Morgan fingerprint density at radius 2 is 1.66 bits per heavy atom. The maximum Gasteiger partial charge on any atom is 0.407 e. The maximum atomic E-state index is 14.0. The summed E-state index contributed by atoms with van der Waals surface area (Å²) in [7, 11) is 0. The van der Waals surface area contributed by atoms with Crippen LogP contribution < -0.4 is 21.1 Å². The van der Waals surface area contributed by atoms with Gasteiger partial charge in [-0.25, -0.2) is 29.1 Å². The number of carbonyl (C=O) groups is 4. The van der Waals surface area contributed by atoms with Gasteiger partial charge in [-0.2, -0.15) is 10.4 Å². The third-order valence-electron chi connectivity index (χ3n) is 14.3. The van der Waals surface area contributed by atoms with Gasteiger partial charge in [-0.15, -0.1) is 16.4 Å². The molecule has 9 rings (SSSR count). The number of anilines is 1. The van der Waals surface area contributed by atoms with Crippen LogP contribution in [0.5, 0.6) is 11.5 Å². The van der Waals surface area contributed by atoms with Gasteiger partial charge in [0.1, 0.15) is 59.7 Å². The van der Waals surface area contributed by atoms with Crippen molar-refractivity contribution in [2.75, 3.05) is 58.4 Å². The van der Waals surface area contributed by atoms with E-state index in [9.17, 15) is 29.5 Å². The number of amides is 4. The Morgan fingerprint density at radius 1 is 0.928 bits per heavy atom. The number of aliphatic hydroxyl groups excluding tert-OH is 1. The number of alkyl carbamates (subject to hydrolysis) is 1. The van der Waals surface area contributed by atoms with Gasteiger partial charge in [-0.1, -0.05) is 74.5 Å². The molecule has 2 aliphatic rings. The molecule has 2 saturated heterocycles. The zero-order chi connectivity index (χ0) is 58.5. The molecule has 83 heavy (non-hydrogen) atoms. The molecule has 0 saturated carbocycles. The highest BCUT2D eigenvalue weighted by Gasteiger charge is 2.45. The molecular weight excluding hydrogens is 1080 g/mol. The van der Waals surface area contributed by atoms with E-state index >= 15 is 0 Å². The van der Waals surface area contributed by atoms with Crippen LogP contribution in [0.15, 0.2) is 109 Å². The summed E-state index contributed by atoms with van der Waals surface area (Å²) < 4.78 is 26.1. The van der Waals surface area contributed by atoms with Crippen molar-refractivity contribution in [2.24, 2.45) is 5.41 Å². The molecule has 6 heterocycles. The minimum atomic E-state index is -1.05. The van der Waals surface area contributed by atoms with Crippen LogP contribution in [0.3, 0.4) is 0 Å². The van der Waals surface area contributed by atoms with E-state index in [2.05, 4.69) is 42.0 Å². The lowest BCUT2D eigenvalue weighted by Gasteiger charge is -2.35. The average molecular weight is 1150 g/mol. The minimum Gasteiger partial charge on any atom is -0.457 e. The molecule has 3 aromatic carbocycles. The zero-order valence-corrected chi connectivity index (χ0v) is 47.7. The Balaban J connectivity index is 0.664. The monoisotopic (exact) mass is 1150 g/mol. The molecule has 23 nitrogen and oxygen atoms in total. The number of allylic oxidation sites excluding steroid dienone is 1. The lowest BCUT2D eigenvalue weighted by Crippen LogP contribution is -2.57. The number of thiazole rings is 1. The summed E-state index contributed by atoms with van der Waals surface area (Å²) in [5.41, 5.74) is 13.0. The molecule has 0 aliphatic carbocycles. The van der Waals surface area contributed by atoms with Crippen molar-refractivity contribution in [3.05, 3.63) is 125 Å². The second kappa shape index (κ2) is 27.4. The van der Waals surface area contributed by atoms with Gasteiger partial charge in [0.25, 0.3) is 5.91 Å². The summed E-state index contributed by atoms with van der Waals surface area (Å²) in [6.07, 6.45) is 5.48. The number of hydrogen-bond acceptors (Lipinski definition) is 18. The summed E-state index contributed by atoms with van der Waals surface area (Å²) in [4.78, 5) is 71.4. The number of β-amino-alcohol motifs (C(OH)–C–C–N with tert-alkyl or cyclic N) is 1. The van der Waals surface area contributed by atoms with E-state index in [-0.39, 0.29) is 63.5 Å². The van der Waals surface area contributed by atoms with Crippen LogP contribution in [-0.2, 0) is 48.1 Å². The Bertz CT molecular complexity index is 3430. The zero-order valence-electron chi connectivity index (χ0n) is 46.8. The number of nitrogens with zero attached hydrogens (tertiary/aromatic N) is 11. The number of rotatable bonds is 23. The molecule has 5 N–H and O–H groups in total. The van der Waals surface area contributed by atoms with Gasteiger partial charge in [0.15, 0.2) is 5.65 Å². The Morgan fingerprint density at radius 3 is 2.40 bits per heavy atom. The van der Waals surface area contributed by atoms with Gasteiger partial charge in [0.05, 0.1) is 72.3 Å². The van der Waals surface area contributed by atoms with Crippen LogP contribution in [0, 0.1) is 23.7 Å². The van der Waals surface area contributed by atoms with E-state index in [1.165, 1.54) is 11.2 Å². The normalized spacial score (nSPS) is 16.8. The highest BCUT2D eigenvalue weighted by molar-refractivity contribution is 7.13. The van der Waals surface area contributed by atoms with Gasteiger partial charge in [0, 0.05) is 44.4 Å². The summed E-state index contributed by atoms with van der Waals surface area (Å²) in [6.45, 7) is 9.57. The van der Waals surface area contributed by atoms with Gasteiger partial charge in [0.2, 0.25) is 11.8 Å². The molecule has 4 aromatic heterocycles. The number of piperidine rings is 1. The molecule has 2 fully saturated rings. The molecule has 24 heteroatoms. The van der Waals surface area contributed by atoms with Crippen molar-refractivity contribution in [2.45, 2.75) is 97.1 Å². The van der Waals surface area contributed by atoms with Gasteiger partial charge < -0.3 is 50.2 Å². The summed E-state index contributed by atoms with van der Waals surface area (Å²) in [5, 5.41) is 40.3. The van der Waals surface area contributed by atoms with E-state index in [1.807, 2.05) is 90.5 Å². The van der Waals surface area contributed by atoms with Crippen LogP contribution in [0.25, 0.3) is 32.7 Å². The second-order valence-electron chi connectivity index (χ2n) is 21.4. The summed E-state index contributed by atoms with van der Waals surface area (Å²) in [6, 6.07) is 24.8. The molecule has 2 aliphatic heterocycles. The average Bonchev–Trinajstić information content (AvgIpc) is 4.38. The fourth-order valence-electron chi connectivity index (χ4n) is 9.99. The summed E-state index contributed by atoms with van der Waals surface area (Å²) in [5.74, 6) is 0.431. The SMILES string of the molecule is Cc1ncsc1-c1ccc(CNC(=O)C2CC(O)CN2C(=O)C(NC(=O)OCCOCCOCCn2cc(CCC=C(C#N)C(=O)N3CCCC(n4nc(-c5ccc(Oc6ccccc6)cc5)c5c(N)ncnc54)C3)nn2)C(C)(C)C)cc1. The number of carbonyl (C=O) groups excluding carboxylic acids is 4. The third-order valence-corrected chi connectivity index (χ3v) is 15.3. The molecule has 4 amide bonds. The van der Waals surface area contributed by atoms with Crippen molar-refractivity contribution in [3.8, 4) is 39.3 Å². The quantitative estimate of drug-likeness (QED) is 0.0298. The first kappa shape index (κ1) is 59.0. The van der Waals surface area contributed by atoms with Crippen molar-refractivity contribution in [1.82, 2.24) is 60.2 Å². The number of ether oxygens (including phenoxy) is 4. The highest BCUT2D eigenvalue weighted by Crippen LogP contribution is 2.36. The van der Waals surface area contributed by atoms with Crippen LogP contribution in [-0.4, -0.2) is 149 Å². The molecular formula is C59H68N14O9S. The number of nitrogen functional groups attached to an aromatic ring is 1. The van der Waals surface area contributed by atoms with Crippen LogP contribution >= 0.6 is 11.3 Å². The van der Waals surface area contributed by atoms with Crippen molar-refractivity contribution in [1.29, 1.82) is 5.26 Å². The number of nitrogens with two attached hydrogens (primary N) is 1. The smallest absolute Gasteiger partial charge is 0.407 e. The molecule has 7 aromatic rings. The number of nitriles is 1. The lowest BCUT2D eigenvalue weighted by molar-refractivity contribution is -0.142. The number of aliphatic hydroxyl groups is 1. The lowest BCUT2D eigenvalue weighted by atomic mass is 9.85. The number of fused-ring (bicyclic) bond motifs is 1. The van der Waals surface area contributed by atoms with Crippen LogP contribution in [0.4, 0.5) is 10.6 Å². The number of benzene rings is 3. The van der Waals surface area contributed by atoms with Crippen LogP contribution in [0.1, 0.15) is 69.4 Å². The molecule has 0 spiro atoms.